The fourth-order valence-electron chi connectivity index (χ4n) is 3.67. The molecule has 0 saturated carbocycles. The Bertz CT molecular complexity index is 1160. The van der Waals surface area contributed by atoms with E-state index >= 15 is 0 Å². The van der Waals surface area contributed by atoms with Crippen molar-refractivity contribution in [2.75, 3.05) is 27.2 Å². The number of aromatic nitrogens is 4. The van der Waals surface area contributed by atoms with Crippen LogP contribution in [0.5, 0.6) is 5.88 Å². The zero-order valence-electron chi connectivity index (χ0n) is 18.4. The van der Waals surface area contributed by atoms with E-state index in [9.17, 15) is 0 Å². The van der Waals surface area contributed by atoms with Crippen LogP contribution in [0.15, 0.2) is 42.7 Å². The Kier molecular flexibility index (Phi) is 5.68. The first-order chi connectivity index (χ1) is 14.4. The number of rotatable bonds is 7. The summed E-state index contributed by atoms with van der Waals surface area (Å²) in [6.45, 7) is 8.06. The minimum Gasteiger partial charge on any atom is -0.478 e. The number of nitrogens with zero attached hydrogens (tertiary/aromatic N) is 5. The summed E-state index contributed by atoms with van der Waals surface area (Å²) in [4.78, 5) is 16.1. The second-order valence-electron chi connectivity index (χ2n) is 8.28. The van der Waals surface area contributed by atoms with Crippen molar-refractivity contribution in [2.24, 2.45) is 0 Å². The van der Waals surface area contributed by atoms with E-state index in [0.717, 1.165) is 52.2 Å². The topological polar surface area (TPSA) is 55.6 Å². The normalized spacial score (nSPS) is 11.8. The second kappa shape index (κ2) is 8.40. The van der Waals surface area contributed by atoms with E-state index in [2.05, 4.69) is 71.5 Å². The molecule has 0 atom stereocenters. The summed E-state index contributed by atoms with van der Waals surface area (Å²) in [7, 11) is 4.13. The van der Waals surface area contributed by atoms with Gasteiger partial charge in [-0.05, 0) is 51.2 Å². The first-order valence-corrected chi connectivity index (χ1v) is 10.5. The largest absolute Gasteiger partial charge is 0.478 e. The van der Waals surface area contributed by atoms with Gasteiger partial charge in [0.1, 0.15) is 5.82 Å². The molecule has 6 nitrogen and oxygen atoms in total. The Labute approximate surface area is 177 Å². The van der Waals surface area contributed by atoms with Crippen LogP contribution < -0.4 is 4.74 Å². The molecule has 0 saturated heterocycles. The molecule has 0 aliphatic rings. The Hall–Kier alpha value is -2.99. The molecule has 0 N–H and O–H groups in total. The lowest BCUT2D eigenvalue weighted by molar-refractivity contribution is 0.273. The molecule has 0 aliphatic carbocycles. The molecule has 6 heteroatoms. The van der Waals surface area contributed by atoms with Crippen molar-refractivity contribution < 1.29 is 4.74 Å². The summed E-state index contributed by atoms with van der Waals surface area (Å²) in [6.07, 6.45) is 4.77. The second-order valence-corrected chi connectivity index (χ2v) is 8.28. The van der Waals surface area contributed by atoms with Crippen LogP contribution in [0.25, 0.3) is 27.7 Å². The highest BCUT2D eigenvalue weighted by molar-refractivity contribution is 5.84. The van der Waals surface area contributed by atoms with Crippen LogP contribution in [0.1, 0.15) is 37.7 Å². The molecule has 3 heterocycles. The van der Waals surface area contributed by atoms with E-state index in [0.29, 0.717) is 18.4 Å². The van der Waals surface area contributed by atoms with Crippen molar-refractivity contribution in [2.45, 2.75) is 33.1 Å². The van der Waals surface area contributed by atoms with Crippen molar-refractivity contribution in [1.29, 1.82) is 0 Å². The molecule has 3 aromatic heterocycles. The van der Waals surface area contributed by atoms with Gasteiger partial charge < -0.3 is 9.64 Å². The Morgan fingerprint density at radius 3 is 2.50 bits per heavy atom. The fraction of sp³-hybridized carbons (Fsp3) is 0.375. The van der Waals surface area contributed by atoms with Gasteiger partial charge in [0.05, 0.1) is 35.0 Å². The Morgan fingerprint density at radius 1 is 1.00 bits per heavy atom. The maximum absolute atomic E-state index is 5.76. The SMILES string of the molecule is Cc1nc(C(C)C)n2c1cnc1ccc(-c3ccc(OCCCN(C)C)nc3)cc12. The van der Waals surface area contributed by atoms with E-state index < -0.39 is 0 Å². The quantitative estimate of drug-likeness (QED) is 0.419. The van der Waals surface area contributed by atoms with Crippen molar-refractivity contribution in [3.8, 4) is 17.0 Å². The predicted octanol–water partition coefficient (Wildman–Crippen LogP) is 4.71. The van der Waals surface area contributed by atoms with Crippen LogP contribution in [-0.4, -0.2) is 51.5 Å². The monoisotopic (exact) mass is 403 g/mol. The van der Waals surface area contributed by atoms with Gasteiger partial charge in [0, 0.05) is 30.3 Å². The standard InChI is InChI=1S/C24H29N5O/c1-16(2)24-27-17(3)22-15-25-20-9-7-18(13-21(20)29(22)24)19-8-10-23(26-14-19)30-12-6-11-28(4)5/h7-10,13-16H,6,11-12H2,1-5H3. The molecule has 4 aromatic rings. The molecule has 0 fully saturated rings. The highest BCUT2D eigenvalue weighted by Crippen LogP contribution is 2.28. The molecule has 30 heavy (non-hydrogen) atoms. The first-order valence-electron chi connectivity index (χ1n) is 10.5. The molecule has 4 rings (SSSR count). The number of fused-ring (bicyclic) bond motifs is 3. The minimum atomic E-state index is 0.325. The van der Waals surface area contributed by atoms with Gasteiger partial charge in [-0.2, -0.15) is 0 Å². The average molecular weight is 404 g/mol. The third-order valence-electron chi connectivity index (χ3n) is 5.25. The predicted molar refractivity (Wildman–Crippen MR) is 121 cm³/mol. The Morgan fingerprint density at radius 2 is 1.80 bits per heavy atom. The average Bonchev–Trinajstić information content (AvgIpc) is 3.08. The van der Waals surface area contributed by atoms with E-state index in [1.807, 2.05) is 25.4 Å². The summed E-state index contributed by atoms with van der Waals surface area (Å²) in [5, 5.41) is 0. The maximum atomic E-state index is 5.76. The van der Waals surface area contributed by atoms with Crippen LogP contribution >= 0.6 is 0 Å². The zero-order valence-corrected chi connectivity index (χ0v) is 18.4. The number of benzene rings is 1. The highest BCUT2D eigenvalue weighted by Gasteiger charge is 2.15. The van der Waals surface area contributed by atoms with Crippen LogP contribution in [-0.2, 0) is 0 Å². The number of pyridine rings is 1. The van der Waals surface area contributed by atoms with Crippen molar-refractivity contribution in [1.82, 2.24) is 24.3 Å². The summed E-state index contributed by atoms with van der Waals surface area (Å²) in [5.74, 6) is 2.05. The van der Waals surface area contributed by atoms with E-state index in [4.69, 9.17) is 9.72 Å². The fourth-order valence-corrected chi connectivity index (χ4v) is 3.67. The van der Waals surface area contributed by atoms with Crippen LogP contribution in [0.2, 0.25) is 0 Å². The van der Waals surface area contributed by atoms with E-state index in [1.54, 1.807) is 0 Å². The number of hydrogen-bond donors (Lipinski definition) is 0. The molecule has 0 spiro atoms. The molecule has 156 valence electrons. The van der Waals surface area contributed by atoms with E-state index in [-0.39, 0.29) is 0 Å². The summed E-state index contributed by atoms with van der Waals surface area (Å²) in [6, 6.07) is 10.3. The van der Waals surface area contributed by atoms with Gasteiger partial charge in [-0.3, -0.25) is 9.38 Å². The molecular weight excluding hydrogens is 374 g/mol. The summed E-state index contributed by atoms with van der Waals surface area (Å²) >= 11 is 0. The van der Waals surface area contributed by atoms with Crippen molar-refractivity contribution >= 4 is 16.6 Å². The molecule has 0 aliphatic heterocycles. The van der Waals surface area contributed by atoms with Gasteiger partial charge in [-0.25, -0.2) is 9.97 Å². The van der Waals surface area contributed by atoms with Gasteiger partial charge in [0.15, 0.2) is 0 Å². The number of imidazole rings is 1. The van der Waals surface area contributed by atoms with Crippen LogP contribution in [0.4, 0.5) is 0 Å². The molecule has 0 unspecified atom stereocenters. The number of aryl methyl sites for hydroxylation is 1. The number of hydrogen-bond acceptors (Lipinski definition) is 5. The highest BCUT2D eigenvalue weighted by atomic mass is 16.5. The molecular formula is C24H29N5O. The number of ether oxygens (including phenoxy) is 1. The Balaban J connectivity index is 1.65. The lowest BCUT2D eigenvalue weighted by atomic mass is 10.1. The van der Waals surface area contributed by atoms with Gasteiger partial charge in [0.25, 0.3) is 0 Å². The lowest BCUT2D eigenvalue weighted by Crippen LogP contribution is -2.15. The van der Waals surface area contributed by atoms with Crippen molar-refractivity contribution in [3.63, 3.8) is 0 Å². The van der Waals surface area contributed by atoms with Gasteiger partial charge >= 0.3 is 0 Å². The van der Waals surface area contributed by atoms with Crippen LogP contribution in [0, 0.1) is 6.92 Å². The zero-order chi connectivity index (χ0) is 21.3. The first kappa shape index (κ1) is 20.3. The molecule has 0 radical (unpaired) electrons. The molecule has 0 bridgehead atoms. The lowest BCUT2D eigenvalue weighted by Gasteiger charge is -2.11. The van der Waals surface area contributed by atoms with Crippen molar-refractivity contribution in [3.05, 3.63) is 54.2 Å². The summed E-state index contributed by atoms with van der Waals surface area (Å²) in [5.41, 5.74) is 6.25. The van der Waals surface area contributed by atoms with Gasteiger partial charge in [-0.15, -0.1) is 0 Å². The molecule has 0 amide bonds. The smallest absolute Gasteiger partial charge is 0.213 e. The minimum absolute atomic E-state index is 0.325. The van der Waals surface area contributed by atoms with E-state index in [1.165, 1.54) is 0 Å². The third kappa shape index (κ3) is 4.00. The maximum Gasteiger partial charge on any atom is 0.213 e. The van der Waals surface area contributed by atoms with Crippen LogP contribution in [0.3, 0.4) is 0 Å². The van der Waals surface area contributed by atoms with Gasteiger partial charge in [0.2, 0.25) is 5.88 Å². The third-order valence-corrected chi connectivity index (χ3v) is 5.25. The molecule has 1 aromatic carbocycles. The van der Waals surface area contributed by atoms with Gasteiger partial charge in [-0.1, -0.05) is 19.9 Å². The summed E-state index contributed by atoms with van der Waals surface area (Å²) < 4.78 is 8.00.